The van der Waals surface area contributed by atoms with Gasteiger partial charge in [-0.2, -0.15) is 0 Å². The predicted molar refractivity (Wildman–Crippen MR) is 128 cm³/mol. The SMILES string of the molecule is CCNC(=NCc1cccc(OCCN(C)CCOC)c1)NCc1c(CC)noc1CC. The van der Waals surface area contributed by atoms with E-state index in [1.54, 1.807) is 7.11 Å². The molecule has 0 aliphatic carbocycles. The molecule has 8 heteroatoms. The first-order valence-electron chi connectivity index (χ1n) is 11.5. The number of ether oxygens (including phenoxy) is 2. The quantitative estimate of drug-likeness (QED) is 0.342. The zero-order valence-corrected chi connectivity index (χ0v) is 20.2. The van der Waals surface area contributed by atoms with Crippen LogP contribution in [0.4, 0.5) is 0 Å². The first kappa shape index (κ1) is 25.7. The minimum absolute atomic E-state index is 0.561. The normalized spacial score (nSPS) is 11.8. The van der Waals surface area contributed by atoms with Crippen molar-refractivity contribution in [2.45, 2.75) is 46.7 Å². The molecule has 32 heavy (non-hydrogen) atoms. The molecule has 178 valence electrons. The summed E-state index contributed by atoms with van der Waals surface area (Å²) in [7, 11) is 3.78. The number of benzene rings is 1. The molecule has 2 N–H and O–H groups in total. The van der Waals surface area contributed by atoms with Crippen LogP contribution in [0.3, 0.4) is 0 Å². The summed E-state index contributed by atoms with van der Waals surface area (Å²) in [5.41, 5.74) is 3.23. The number of aromatic nitrogens is 1. The highest BCUT2D eigenvalue weighted by Gasteiger charge is 2.13. The van der Waals surface area contributed by atoms with Crippen LogP contribution in [0.15, 0.2) is 33.8 Å². The van der Waals surface area contributed by atoms with Crippen LogP contribution in [0.1, 0.15) is 43.4 Å². The molecule has 0 spiro atoms. The number of nitrogens with one attached hydrogen (secondary N) is 2. The Kier molecular flexibility index (Phi) is 11.6. The third-order valence-corrected chi connectivity index (χ3v) is 5.12. The maximum atomic E-state index is 5.92. The number of aryl methyl sites for hydroxylation is 2. The van der Waals surface area contributed by atoms with Crippen molar-refractivity contribution >= 4 is 5.96 Å². The number of methoxy groups -OCH3 is 1. The average molecular weight is 446 g/mol. The zero-order chi connectivity index (χ0) is 23.2. The number of likely N-dealkylation sites (N-methyl/N-ethyl adjacent to an activating group) is 1. The highest BCUT2D eigenvalue weighted by atomic mass is 16.5. The summed E-state index contributed by atoms with van der Waals surface area (Å²) >= 11 is 0. The number of guanidine groups is 1. The fourth-order valence-electron chi connectivity index (χ4n) is 3.23. The van der Waals surface area contributed by atoms with Crippen LogP contribution >= 0.6 is 0 Å². The molecule has 0 bridgehead atoms. The lowest BCUT2D eigenvalue weighted by molar-refractivity contribution is 0.150. The summed E-state index contributed by atoms with van der Waals surface area (Å²) in [5, 5.41) is 10.9. The molecule has 0 unspecified atom stereocenters. The molecule has 1 heterocycles. The Balaban J connectivity index is 1.92. The van der Waals surface area contributed by atoms with E-state index in [0.717, 1.165) is 73.4 Å². The van der Waals surface area contributed by atoms with Crippen molar-refractivity contribution in [2.75, 3.05) is 47.0 Å². The fraction of sp³-hybridized carbons (Fsp3) is 0.583. The van der Waals surface area contributed by atoms with Crippen molar-refractivity contribution in [3.63, 3.8) is 0 Å². The lowest BCUT2D eigenvalue weighted by atomic mass is 10.1. The first-order valence-corrected chi connectivity index (χ1v) is 11.5. The van der Waals surface area contributed by atoms with E-state index in [1.807, 2.05) is 18.2 Å². The molecule has 0 atom stereocenters. The Morgan fingerprint density at radius 3 is 2.66 bits per heavy atom. The molecular formula is C24H39N5O3. The van der Waals surface area contributed by atoms with Gasteiger partial charge in [0.1, 0.15) is 18.1 Å². The van der Waals surface area contributed by atoms with Gasteiger partial charge in [-0.3, -0.25) is 0 Å². The van der Waals surface area contributed by atoms with Gasteiger partial charge in [-0.25, -0.2) is 4.99 Å². The molecule has 0 saturated heterocycles. The second kappa shape index (κ2) is 14.5. The van der Waals surface area contributed by atoms with E-state index in [2.05, 4.69) is 54.6 Å². The minimum atomic E-state index is 0.561. The zero-order valence-electron chi connectivity index (χ0n) is 20.2. The van der Waals surface area contributed by atoms with Gasteiger partial charge in [-0.15, -0.1) is 0 Å². The van der Waals surface area contributed by atoms with E-state index >= 15 is 0 Å². The standard InChI is InChI=1S/C24H39N5O3/c1-6-22-21(23(7-2)32-28-22)18-27-24(25-8-3)26-17-19-10-9-11-20(16-19)31-15-13-29(4)12-14-30-5/h9-11,16H,6-8,12-15,17-18H2,1-5H3,(H2,25,26,27). The molecule has 0 aliphatic rings. The van der Waals surface area contributed by atoms with Crippen molar-refractivity contribution in [1.82, 2.24) is 20.7 Å². The Bertz CT molecular complexity index is 800. The van der Waals surface area contributed by atoms with Gasteiger partial charge in [0.15, 0.2) is 5.96 Å². The summed E-state index contributed by atoms with van der Waals surface area (Å²) < 4.78 is 16.5. The van der Waals surface area contributed by atoms with Crippen LogP contribution in [0, 0.1) is 0 Å². The predicted octanol–water partition coefficient (Wildman–Crippen LogP) is 3.01. The molecular weight excluding hydrogens is 406 g/mol. The third kappa shape index (κ3) is 8.51. The van der Waals surface area contributed by atoms with Gasteiger partial charge >= 0.3 is 0 Å². The summed E-state index contributed by atoms with van der Waals surface area (Å²) in [6.45, 7) is 11.3. The molecule has 0 aliphatic heterocycles. The monoisotopic (exact) mass is 445 g/mol. The molecule has 1 aromatic heterocycles. The van der Waals surface area contributed by atoms with E-state index in [1.165, 1.54) is 0 Å². The molecule has 2 rings (SSSR count). The van der Waals surface area contributed by atoms with Gasteiger partial charge < -0.3 is 29.5 Å². The van der Waals surface area contributed by atoms with E-state index < -0.39 is 0 Å². The van der Waals surface area contributed by atoms with Gasteiger partial charge in [0.05, 0.1) is 18.8 Å². The Morgan fingerprint density at radius 1 is 1.12 bits per heavy atom. The van der Waals surface area contributed by atoms with Crippen LogP contribution in [0.2, 0.25) is 0 Å². The summed E-state index contributed by atoms with van der Waals surface area (Å²) in [5.74, 6) is 2.56. The topological polar surface area (TPSA) is 84.2 Å². The minimum Gasteiger partial charge on any atom is -0.492 e. The molecule has 2 aromatic rings. The second-order valence-corrected chi connectivity index (χ2v) is 7.58. The van der Waals surface area contributed by atoms with E-state index in [-0.39, 0.29) is 0 Å². The molecule has 0 saturated carbocycles. The number of rotatable bonds is 14. The molecule has 0 radical (unpaired) electrons. The summed E-state index contributed by atoms with van der Waals surface area (Å²) in [4.78, 5) is 6.93. The highest BCUT2D eigenvalue weighted by Crippen LogP contribution is 2.16. The number of hydrogen-bond donors (Lipinski definition) is 2. The third-order valence-electron chi connectivity index (χ3n) is 5.12. The summed E-state index contributed by atoms with van der Waals surface area (Å²) in [6, 6.07) is 8.10. The molecule has 8 nitrogen and oxygen atoms in total. The maximum absolute atomic E-state index is 5.92. The Labute approximate surface area is 192 Å². The van der Waals surface area contributed by atoms with Crippen molar-refractivity contribution in [2.24, 2.45) is 4.99 Å². The van der Waals surface area contributed by atoms with Crippen molar-refractivity contribution < 1.29 is 14.0 Å². The van der Waals surface area contributed by atoms with Gasteiger partial charge in [-0.1, -0.05) is 31.1 Å². The molecule has 0 amide bonds. The van der Waals surface area contributed by atoms with Crippen molar-refractivity contribution in [3.8, 4) is 5.75 Å². The number of hydrogen-bond acceptors (Lipinski definition) is 6. The van der Waals surface area contributed by atoms with Crippen LogP contribution in [-0.4, -0.2) is 63.0 Å². The van der Waals surface area contributed by atoms with Crippen LogP contribution < -0.4 is 15.4 Å². The van der Waals surface area contributed by atoms with Crippen LogP contribution in [-0.2, 0) is 30.7 Å². The smallest absolute Gasteiger partial charge is 0.191 e. The van der Waals surface area contributed by atoms with Gasteiger partial charge in [-0.05, 0) is 38.1 Å². The summed E-state index contributed by atoms with van der Waals surface area (Å²) in [6.07, 6.45) is 1.68. The van der Waals surface area contributed by atoms with E-state index in [9.17, 15) is 0 Å². The fourth-order valence-corrected chi connectivity index (χ4v) is 3.23. The first-order chi connectivity index (χ1) is 15.6. The average Bonchev–Trinajstić information content (AvgIpc) is 3.21. The lowest BCUT2D eigenvalue weighted by Gasteiger charge is -2.16. The van der Waals surface area contributed by atoms with Crippen LogP contribution in [0.25, 0.3) is 0 Å². The van der Waals surface area contributed by atoms with Gasteiger partial charge in [0.25, 0.3) is 0 Å². The Morgan fingerprint density at radius 2 is 1.94 bits per heavy atom. The number of nitrogens with zero attached hydrogens (tertiary/aromatic N) is 3. The largest absolute Gasteiger partial charge is 0.492 e. The molecule has 1 aromatic carbocycles. The van der Waals surface area contributed by atoms with Gasteiger partial charge in [0, 0.05) is 45.3 Å². The Hall–Kier alpha value is -2.58. The lowest BCUT2D eigenvalue weighted by Crippen LogP contribution is -2.37. The molecule has 0 fully saturated rings. The van der Waals surface area contributed by atoms with Crippen molar-refractivity contribution in [3.05, 3.63) is 46.8 Å². The second-order valence-electron chi connectivity index (χ2n) is 7.58. The number of aliphatic imine (C=N–C) groups is 1. The van der Waals surface area contributed by atoms with Crippen molar-refractivity contribution in [1.29, 1.82) is 0 Å². The van der Waals surface area contributed by atoms with E-state index in [0.29, 0.717) is 19.7 Å². The van der Waals surface area contributed by atoms with E-state index in [4.69, 9.17) is 19.0 Å². The van der Waals surface area contributed by atoms with Crippen LogP contribution in [0.5, 0.6) is 5.75 Å². The highest BCUT2D eigenvalue weighted by molar-refractivity contribution is 5.79. The maximum Gasteiger partial charge on any atom is 0.191 e. The van der Waals surface area contributed by atoms with Gasteiger partial charge in [0.2, 0.25) is 0 Å².